The second-order valence-electron chi connectivity index (χ2n) is 9.07. The van der Waals surface area contributed by atoms with Crippen molar-refractivity contribution in [2.75, 3.05) is 0 Å². The van der Waals surface area contributed by atoms with Gasteiger partial charge in [-0.3, -0.25) is 0 Å². The van der Waals surface area contributed by atoms with Crippen molar-refractivity contribution in [1.29, 1.82) is 0 Å². The van der Waals surface area contributed by atoms with Crippen LogP contribution in [0.1, 0.15) is 58.2 Å². The van der Waals surface area contributed by atoms with Crippen molar-refractivity contribution in [1.82, 2.24) is 9.97 Å². The minimum absolute atomic E-state index is 0.212. The third kappa shape index (κ3) is 6.48. The number of rotatable bonds is 8. The van der Waals surface area contributed by atoms with Gasteiger partial charge in [0, 0.05) is 16.7 Å². The van der Waals surface area contributed by atoms with E-state index in [4.69, 9.17) is 14.4 Å². The summed E-state index contributed by atoms with van der Waals surface area (Å²) in [6.45, 7) is 18.5. The first kappa shape index (κ1) is 23.2. The summed E-state index contributed by atoms with van der Waals surface area (Å²) in [4.78, 5) is 9.58. The first-order valence-electron chi connectivity index (χ1n) is 9.89. The first-order valence-corrected chi connectivity index (χ1v) is 14.6. The van der Waals surface area contributed by atoms with Crippen LogP contribution in [0.5, 0.6) is 0 Å². The predicted octanol–water partition coefficient (Wildman–Crippen LogP) is 7.66. The fraction of sp³-hybridized carbons (Fsp3) is 0.545. The van der Waals surface area contributed by atoms with Gasteiger partial charge in [-0.05, 0) is 24.1 Å². The van der Waals surface area contributed by atoms with E-state index in [1.807, 2.05) is 0 Å². The molecule has 6 heteroatoms. The second-order valence-corrected chi connectivity index (χ2v) is 15.6. The lowest BCUT2D eigenvalue weighted by molar-refractivity contribution is 0.273. The average molecular weight is 435 g/mol. The molecule has 0 aromatic carbocycles. The number of aromatic nitrogens is 2. The van der Waals surface area contributed by atoms with E-state index in [1.54, 1.807) is 22.7 Å². The molecule has 0 aliphatic carbocycles. The van der Waals surface area contributed by atoms with Gasteiger partial charge < -0.3 is 4.43 Å². The van der Waals surface area contributed by atoms with Gasteiger partial charge >= 0.3 is 0 Å². The van der Waals surface area contributed by atoms with Crippen LogP contribution in [0.3, 0.4) is 0 Å². The number of nitrogens with zero attached hydrogens (tertiary/aromatic N) is 2. The molecule has 2 aromatic heterocycles. The summed E-state index contributed by atoms with van der Waals surface area (Å²) < 4.78 is 6.29. The monoisotopic (exact) mass is 434 g/mol. The minimum Gasteiger partial charge on any atom is -0.411 e. The van der Waals surface area contributed by atoms with E-state index in [0.717, 1.165) is 21.4 Å². The largest absolute Gasteiger partial charge is 0.411 e. The van der Waals surface area contributed by atoms with Crippen LogP contribution >= 0.6 is 22.7 Å². The topological polar surface area (TPSA) is 35.0 Å². The number of hydrogen-bond acceptors (Lipinski definition) is 5. The van der Waals surface area contributed by atoms with Gasteiger partial charge in [-0.25, -0.2) is 9.97 Å². The summed E-state index contributed by atoms with van der Waals surface area (Å²) in [6.07, 6.45) is 8.62. The second kappa shape index (κ2) is 9.61. The molecule has 0 radical (unpaired) electrons. The van der Waals surface area contributed by atoms with Crippen LogP contribution in [0.2, 0.25) is 18.1 Å². The van der Waals surface area contributed by atoms with Gasteiger partial charge in [-0.1, -0.05) is 65.8 Å². The SMILES string of the molecule is CC(C)/C=C/C=C/[C@H](C)c1nc(-c2nc(CO[Si](C)(C)C(C)(C)C)cs2)cs1. The molecular formula is C22H34N2OS2Si. The Balaban J connectivity index is 2.01. The van der Waals surface area contributed by atoms with E-state index in [9.17, 15) is 0 Å². The minimum atomic E-state index is -1.75. The summed E-state index contributed by atoms with van der Waals surface area (Å²) in [5.74, 6) is 0.878. The van der Waals surface area contributed by atoms with Gasteiger partial charge in [0.15, 0.2) is 8.32 Å². The normalized spacial score (nSPS) is 14.6. The van der Waals surface area contributed by atoms with Crippen LogP contribution in [0, 0.1) is 5.92 Å². The Morgan fingerprint density at radius 3 is 2.36 bits per heavy atom. The molecule has 2 rings (SSSR count). The highest BCUT2D eigenvalue weighted by molar-refractivity contribution is 7.14. The average Bonchev–Trinajstić information content (AvgIpc) is 3.24. The highest BCUT2D eigenvalue weighted by Crippen LogP contribution is 2.37. The van der Waals surface area contributed by atoms with Gasteiger partial charge in [0.2, 0.25) is 0 Å². The Bertz CT molecular complexity index is 813. The van der Waals surface area contributed by atoms with E-state index >= 15 is 0 Å². The molecule has 1 atom stereocenters. The van der Waals surface area contributed by atoms with Crippen molar-refractivity contribution < 1.29 is 4.43 Å². The number of allylic oxidation sites excluding steroid dienone is 4. The lowest BCUT2D eigenvalue weighted by Crippen LogP contribution is -2.40. The maximum Gasteiger partial charge on any atom is 0.192 e. The summed E-state index contributed by atoms with van der Waals surface area (Å²) in [5.41, 5.74) is 1.98. The first-order chi connectivity index (χ1) is 13.0. The zero-order valence-corrected chi connectivity index (χ0v) is 21.1. The molecule has 0 bridgehead atoms. The predicted molar refractivity (Wildman–Crippen MR) is 127 cm³/mol. The van der Waals surface area contributed by atoms with Crippen LogP contribution in [0.15, 0.2) is 35.1 Å². The van der Waals surface area contributed by atoms with Crippen LogP contribution in [0.25, 0.3) is 10.7 Å². The smallest absolute Gasteiger partial charge is 0.192 e. The van der Waals surface area contributed by atoms with E-state index in [1.165, 1.54) is 0 Å². The molecule has 0 fully saturated rings. The lowest BCUT2D eigenvalue weighted by Gasteiger charge is -2.35. The van der Waals surface area contributed by atoms with Crippen LogP contribution < -0.4 is 0 Å². The highest BCUT2D eigenvalue weighted by atomic mass is 32.1. The van der Waals surface area contributed by atoms with E-state index in [2.05, 4.69) is 89.7 Å². The highest BCUT2D eigenvalue weighted by Gasteiger charge is 2.37. The third-order valence-corrected chi connectivity index (χ3v) is 11.5. The van der Waals surface area contributed by atoms with Gasteiger partial charge in [0.05, 0.1) is 17.3 Å². The standard InChI is InChI=1S/C22H34N2OS2Si/c1-16(2)11-9-10-12-17(3)20-24-19(15-27-20)21-23-18(14-26-21)13-25-28(7,8)22(4,5)6/h9-12,14-17H,13H2,1-8H3/b11-9+,12-10+/t17-/m0/s1. The molecule has 3 nitrogen and oxygen atoms in total. The Hall–Kier alpha value is -1.08. The van der Waals surface area contributed by atoms with Crippen molar-refractivity contribution in [3.8, 4) is 10.7 Å². The van der Waals surface area contributed by atoms with Crippen molar-refractivity contribution in [3.63, 3.8) is 0 Å². The van der Waals surface area contributed by atoms with E-state index in [0.29, 0.717) is 18.4 Å². The number of hydrogen-bond donors (Lipinski definition) is 0. The lowest BCUT2D eigenvalue weighted by atomic mass is 10.1. The molecule has 0 saturated carbocycles. The van der Waals surface area contributed by atoms with Crippen LogP contribution in [-0.2, 0) is 11.0 Å². The molecule has 28 heavy (non-hydrogen) atoms. The van der Waals surface area contributed by atoms with Crippen LogP contribution in [0.4, 0.5) is 0 Å². The molecule has 0 unspecified atom stereocenters. The van der Waals surface area contributed by atoms with Gasteiger partial charge in [0.1, 0.15) is 10.7 Å². The van der Waals surface area contributed by atoms with Gasteiger partial charge in [-0.15, -0.1) is 22.7 Å². The molecule has 2 heterocycles. The molecular weight excluding hydrogens is 400 g/mol. The fourth-order valence-corrected chi connectivity index (χ4v) is 4.78. The molecule has 154 valence electrons. The summed E-state index contributed by atoms with van der Waals surface area (Å²) in [6, 6.07) is 0. The molecule has 0 aliphatic heterocycles. The van der Waals surface area contributed by atoms with E-state index < -0.39 is 8.32 Å². The Labute approximate surface area is 179 Å². The Morgan fingerprint density at radius 2 is 1.71 bits per heavy atom. The molecule has 0 spiro atoms. The molecule has 0 N–H and O–H groups in total. The third-order valence-electron chi connectivity index (χ3n) is 5.08. The molecule has 0 aliphatic rings. The van der Waals surface area contributed by atoms with Gasteiger partial charge in [-0.2, -0.15) is 0 Å². The van der Waals surface area contributed by atoms with Crippen molar-refractivity contribution >= 4 is 31.0 Å². The molecule has 2 aromatic rings. The van der Waals surface area contributed by atoms with Crippen LogP contribution in [-0.4, -0.2) is 18.3 Å². The summed E-state index contributed by atoms with van der Waals surface area (Å²) >= 11 is 3.35. The summed E-state index contributed by atoms with van der Waals surface area (Å²) in [7, 11) is -1.75. The molecule has 0 saturated heterocycles. The van der Waals surface area contributed by atoms with Crippen molar-refractivity contribution in [2.45, 2.75) is 72.2 Å². The number of thiazole rings is 2. The zero-order valence-electron chi connectivity index (χ0n) is 18.4. The van der Waals surface area contributed by atoms with Gasteiger partial charge in [0.25, 0.3) is 0 Å². The maximum absolute atomic E-state index is 6.29. The fourth-order valence-electron chi connectivity index (χ4n) is 2.16. The van der Waals surface area contributed by atoms with Crippen molar-refractivity contribution in [3.05, 3.63) is 45.8 Å². The maximum atomic E-state index is 6.29. The zero-order chi connectivity index (χ0) is 20.9. The summed E-state index contributed by atoms with van der Waals surface area (Å²) in [5, 5.41) is 6.53. The molecule has 0 amide bonds. The Kier molecular flexibility index (Phi) is 7.96. The quantitative estimate of drug-likeness (QED) is 0.316. The van der Waals surface area contributed by atoms with E-state index in [-0.39, 0.29) is 5.04 Å². The van der Waals surface area contributed by atoms with Crippen molar-refractivity contribution in [2.24, 2.45) is 5.92 Å². The Morgan fingerprint density at radius 1 is 1.04 bits per heavy atom.